The van der Waals surface area contributed by atoms with Crippen molar-refractivity contribution in [1.29, 1.82) is 0 Å². The molecule has 0 aliphatic heterocycles. The molecule has 3 nitrogen and oxygen atoms in total. The van der Waals surface area contributed by atoms with E-state index >= 15 is 0 Å². The van der Waals surface area contributed by atoms with Crippen LogP contribution in [0.25, 0.3) is 5.69 Å². The highest BCUT2D eigenvalue weighted by Gasteiger charge is 2.30. The molecule has 0 unspecified atom stereocenters. The zero-order valence-corrected chi connectivity index (χ0v) is 11.8. The van der Waals surface area contributed by atoms with Crippen LogP contribution in [0.3, 0.4) is 0 Å². The van der Waals surface area contributed by atoms with Gasteiger partial charge in [0.25, 0.3) is 0 Å². The fraction of sp³-hybridized carbons (Fsp3) is 0.308. The smallest absolute Gasteiger partial charge is 0.383 e. The van der Waals surface area contributed by atoms with E-state index < -0.39 is 11.7 Å². The van der Waals surface area contributed by atoms with Crippen LogP contribution in [-0.4, -0.2) is 15.0 Å². The van der Waals surface area contributed by atoms with E-state index in [-0.39, 0.29) is 0 Å². The number of aromatic nitrogens is 2. The number of nitrogens with zero attached hydrogens (tertiary/aromatic N) is 2. The summed E-state index contributed by atoms with van der Waals surface area (Å²) in [5.41, 5.74) is 5.52. The van der Waals surface area contributed by atoms with E-state index in [2.05, 4.69) is 5.10 Å². The summed E-state index contributed by atoms with van der Waals surface area (Å²) in [7, 11) is 0. The average molecular weight is 301 g/mol. The Labute approximate surface area is 119 Å². The average Bonchev–Trinajstić information content (AvgIpc) is 2.69. The van der Waals surface area contributed by atoms with Crippen molar-refractivity contribution in [2.45, 2.75) is 30.2 Å². The summed E-state index contributed by atoms with van der Waals surface area (Å²) in [6.07, 6.45) is -2.81. The zero-order chi connectivity index (χ0) is 14.9. The number of thioether (sulfide) groups is 1. The number of anilines is 1. The molecule has 1 heterocycles. The molecule has 0 saturated carbocycles. The zero-order valence-electron chi connectivity index (χ0n) is 11.0. The molecule has 0 atom stereocenters. The van der Waals surface area contributed by atoms with Crippen LogP contribution >= 0.6 is 11.8 Å². The summed E-state index contributed by atoms with van der Waals surface area (Å²) in [4.78, 5) is 0.761. The van der Waals surface area contributed by atoms with Crippen LogP contribution in [0.5, 0.6) is 0 Å². The van der Waals surface area contributed by atoms with Crippen molar-refractivity contribution in [1.82, 2.24) is 9.78 Å². The maximum atomic E-state index is 12.7. The van der Waals surface area contributed by atoms with Crippen LogP contribution in [0.2, 0.25) is 0 Å². The number of nitrogens with two attached hydrogens (primary N) is 1. The molecule has 0 radical (unpaired) electrons. The molecular formula is C13H14F3N3S. The molecule has 2 N–H and O–H groups in total. The minimum absolute atomic E-state index is 0.299. The number of rotatable bonds is 3. The van der Waals surface area contributed by atoms with Crippen LogP contribution in [0.15, 0.2) is 35.4 Å². The van der Waals surface area contributed by atoms with Gasteiger partial charge in [0.2, 0.25) is 0 Å². The largest absolute Gasteiger partial charge is 0.416 e. The number of alkyl halides is 3. The summed E-state index contributed by atoms with van der Waals surface area (Å²) in [6, 6.07) is 4.94. The summed E-state index contributed by atoms with van der Waals surface area (Å²) in [6.45, 7) is 4.01. The fourth-order valence-electron chi connectivity index (χ4n) is 1.71. The van der Waals surface area contributed by atoms with Crippen molar-refractivity contribution in [3.8, 4) is 5.69 Å². The first-order chi connectivity index (χ1) is 9.29. The van der Waals surface area contributed by atoms with E-state index in [0.29, 0.717) is 16.8 Å². The molecule has 0 amide bonds. The predicted molar refractivity (Wildman–Crippen MR) is 74.0 cm³/mol. The monoisotopic (exact) mass is 301 g/mol. The molecule has 7 heteroatoms. The van der Waals surface area contributed by atoms with E-state index in [1.54, 1.807) is 12.3 Å². The third-order valence-corrected chi connectivity index (χ3v) is 3.59. The minimum Gasteiger partial charge on any atom is -0.383 e. The molecule has 1 aromatic carbocycles. The third kappa shape index (κ3) is 3.09. The highest BCUT2D eigenvalue weighted by molar-refractivity contribution is 8.00. The lowest BCUT2D eigenvalue weighted by Gasteiger charge is -2.10. The molecule has 0 bridgehead atoms. The van der Waals surface area contributed by atoms with Gasteiger partial charge in [-0.3, -0.25) is 0 Å². The second kappa shape index (κ2) is 5.40. The van der Waals surface area contributed by atoms with Crippen LogP contribution in [0.1, 0.15) is 19.4 Å². The highest BCUT2D eigenvalue weighted by Crippen LogP contribution is 2.33. The maximum absolute atomic E-state index is 12.7. The van der Waals surface area contributed by atoms with E-state index in [9.17, 15) is 13.2 Å². The molecule has 20 heavy (non-hydrogen) atoms. The summed E-state index contributed by atoms with van der Waals surface area (Å²) in [5, 5.41) is 4.38. The quantitative estimate of drug-likeness (QED) is 0.872. The van der Waals surface area contributed by atoms with Crippen LogP contribution in [0.4, 0.5) is 19.0 Å². The molecule has 108 valence electrons. The topological polar surface area (TPSA) is 43.8 Å². The van der Waals surface area contributed by atoms with Gasteiger partial charge in [0.05, 0.1) is 22.3 Å². The highest BCUT2D eigenvalue weighted by atomic mass is 32.2. The molecule has 0 saturated heterocycles. The van der Waals surface area contributed by atoms with Gasteiger partial charge in [0.1, 0.15) is 5.82 Å². The number of hydrogen-bond donors (Lipinski definition) is 1. The molecule has 2 aromatic rings. The Morgan fingerprint density at radius 3 is 2.60 bits per heavy atom. The molecule has 0 aliphatic carbocycles. The lowest BCUT2D eigenvalue weighted by molar-refractivity contribution is -0.137. The second-order valence-electron chi connectivity index (χ2n) is 4.52. The molecule has 1 aromatic heterocycles. The van der Waals surface area contributed by atoms with Gasteiger partial charge in [-0.1, -0.05) is 19.9 Å². The Morgan fingerprint density at radius 2 is 2.00 bits per heavy atom. The van der Waals surface area contributed by atoms with Crippen molar-refractivity contribution < 1.29 is 13.2 Å². The Kier molecular flexibility index (Phi) is 3.99. The lowest BCUT2D eigenvalue weighted by Crippen LogP contribution is -2.08. The Hall–Kier alpha value is -1.63. The second-order valence-corrected chi connectivity index (χ2v) is 6.14. The summed E-state index contributed by atoms with van der Waals surface area (Å²) in [5.74, 6) is 0.350. The van der Waals surface area contributed by atoms with Crippen molar-refractivity contribution >= 4 is 17.6 Å². The van der Waals surface area contributed by atoms with Gasteiger partial charge in [-0.2, -0.15) is 18.3 Å². The first-order valence-electron chi connectivity index (χ1n) is 5.97. The first-order valence-corrected chi connectivity index (χ1v) is 6.85. The Balaban J connectivity index is 2.40. The van der Waals surface area contributed by atoms with Gasteiger partial charge in [0.15, 0.2) is 0 Å². The molecule has 0 aliphatic rings. The van der Waals surface area contributed by atoms with Gasteiger partial charge in [0, 0.05) is 5.25 Å². The van der Waals surface area contributed by atoms with Crippen molar-refractivity contribution in [2.24, 2.45) is 0 Å². The van der Waals surface area contributed by atoms with Crippen molar-refractivity contribution in [3.05, 3.63) is 36.0 Å². The van der Waals surface area contributed by atoms with Gasteiger partial charge < -0.3 is 5.73 Å². The predicted octanol–water partition coefficient (Wildman–Crippen LogP) is 3.97. The van der Waals surface area contributed by atoms with Crippen LogP contribution in [0, 0.1) is 0 Å². The number of benzene rings is 1. The number of halogens is 3. The SMILES string of the molecule is CC(C)Sc1cnn(-c2cccc(C(F)(F)F)c2)c1N. The normalized spacial score (nSPS) is 12.1. The van der Waals surface area contributed by atoms with Gasteiger partial charge in [-0.25, -0.2) is 4.68 Å². The fourth-order valence-corrected chi connectivity index (χ4v) is 2.53. The van der Waals surface area contributed by atoms with Gasteiger partial charge in [-0.15, -0.1) is 11.8 Å². The summed E-state index contributed by atoms with van der Waals surface area (Å²) < 4.78 is 39.4. The number of hydrogen-bond acceptors (Lipinski definition) is 3. The molecule has 0 spiro atoms. The molecule has 0 fully saturated rings. The van der Waals surface area contributed by atoms with E-state index in [4.69, 9.17) is 5.73 Å². The standard InChI is InChI=1S/C13H14F3N3S/c1-8(2)20-11-7-18-19(12(11)17)10-5-3-4-9(6-10)13(14,15)16/h3-8H,17H2,1-2H3. The van der Waals surface area contributed by atoms with E-state index in [1.165, 1.54) is 22.5 Å². The Morgan fingerprint density at radius 1 is 1.30 bits per heavy atom. The number of nitrogen functional groups attached to an aromatic ring is 1. The van der Waals surface area contributed by atoms with E-state index in [1.807, 2.05) is 13.8 Å². The Bertz CT molecular complexity index is 605. The van der Waals surface area contributed by atoms with Crippen molar-refractivity contribution in [3.63, 3.8) is 0 Å². The van der Waals surface area contributed by atoms with E-state index in [0.717, 1.165) is 17.0 Å². The molecular weight excluding hydrogens is 287 g/mol. The van der Waals surface area contributed by atoms with Gasteiger partial charge in [-0.05, 0) is 18.2 Å². The lowest BCUT2D eigenvalue weighted by atomic mass is 10.2. The van der Waals surface area contributed by atoms with Crippen LogP contribution < -0.4 is 5.73 Å². The van der Waals surface area contributed by atoms with Crippen LogP contribution in [-0.2, 0) is 6.18 Å². The van der Waals surface area contributed by atoms with Gasteiger partial charge >= 0.3 is 6.18 Å². The molecule has 2 rings (SSSR count). The first kappa shape index (κ1) is 14.8. The van der Waals surface area contributed by atoms with Crippen molar-refractivity contribution in [2.75, 3.05) is 5.73 Å². The third-order valence-electron chi connectivity index (χ3n) is 2.55. The summed E-state index contributed by atoms with van der Waals surface area (Å²) >= 11 is 1.52. The minimum atomic E-state index is -4.38. The maximum Gasteiger partial charge on any atom is 0.416 e.